The van der Waals surface area contributed by atoms with Crippen LogP contribution in [0.2, 0.25) is 0 Å². The smallest absolute Gasteiger partial charge is 0.306 e. The highest BCUT2D eigenvalue weighted by Crippen LogP contribution is 2.65. The third-order valence-corrected chi connectivity index (χ3v) is 9.90. The zero-order chi connectivity index (χ0) is 24.6. The molecule has 0 aromatic carbocycles. The summed E-state index contributed by atoms with van der Waals surface area (Å²) in [6.07, 6.45) is 11.9. The van der Waals surface area contributed by atoms with Crippen LogP contribution in [0, 0.1) is 28.6 Å². The Hall–Kier alpha value is -2.50. The zero-order valence-corrected chi connectivity index (χ0v) is 21.1. The van der Waals surface area contributed by atoms with Crippen LogP contribution in [0.1, 0.15) is 83.7 Å². The molecule has 4 aliphatic carbocycles. The van der Waals surface area contributed by atoms with E-state index in [-0.39, 0.29) is 41.7 Å². The molecule has 0 unspecified atom stereocenters. The van der Waals surface area contributed by atoms with Crippen molar-refractivity contribution < 1.29 is 19.1 Å². The summed E-state index contributed by atoms with van der Waals surface area (Å²) in [4.78, 5) is 41.1. The molecule has 3 saturated carbocycles. The van der Waals surface area contributed by atoms with Crippen molar-refractivity contribution in [2.75, 3.05) is 0 Å². The summed E-state index contributed by atoms with van der Waals surface area (Å²) in [5.41, 5.74) is 2.36. The number of nitrogens with zero attached hydrogens (tertiary/aromatic N) is 1. The molecule has 0 bridgehead atoms. The van der Waals surface area contributed by atoms with Crippen molar-refractivity contribution in [2.24, 2.45) is 28.6 Å². The lowest BCUT2D eigenvalue weighted by Crippen LogP contribution is -2.51. The van der Waals surface area contributed by atoms with Crippen molar-refractivity contribution in [3.63, 3.8) is 0 Å². The van der Waals surface area contributed by atoms with E-state index >= 15 is 0 Å². The Morgan fingerprint density at radius 2 is 1.91 bits per heavy atom. The molecule has 188 valence electrons. The molecule has 6 atom stereocenters. The third-order valence-electron chi connectivity index (χ3n) is 9.90. The van der Waals surface area contributed by atoms with Gasteiger partial charge in [-0.05, 0) is 86.3 Å². The van der Waals surface area contributed by atoms with Crippen LogP contribution in [0.15, 0.2) is 36.0 Å². The highest BCUT2D eigenvalue weighted by atomic mass is 16.5. The number of hydrogen-bond donors (Lipinski definition) is 1. The van der Waals surface area contributed by atoms with Gasteiger partial charge in [-0.25, -0.2) is 0 Å². The number of nitrogens with one attached hydrogen (secondary N) is 1. The van der Waals surface area contributed by atoms with Gasteiger partial charge in [-0.15, -0.1) is 0 Å². The van der Waals surface area contributed by atoms with Crippen LogP contribution in [0.4, 0.5) is 0 Å². The van der Waals surface area contributed by atoms with Gasteiger partial charge >= 0.3 is 5.97 Å². The quantitative estimate of drug-likeness (QED) is 0.587. The standard InChI is InChI=1S/C29H38N2O4/c1-28-14-12-21(32)17-19(28)6-7-22-23-8-9-25(29(23,2)15-13-24(22)28)35-27(34)11-10-26(33)31-18-20-5-3-4-16-30-20/h3-5,16-17,22-25H,6-15,18H2,1-2H3,(H,31,33)/t22-,23-,24+,25-,28-,29-/m0/s1. The van der Waals surface area contributed by atoms with E-state index in [1.54, 1.807) is 6.20 Å². The summed E-state index contributed by atoms with van der Waals surface area (Å²) in [5, 5.41) is 2.83. The topological polar surface area (TPSA) is 85.4 Å². The largest absolute Gasteiger partial charge is 0.462 e. The SMILES string of the molecule is C[C@]12CC[C@@H]3[C@@H](CCC4=CC(=O)CC[C@@]43C)[C@@H]1CC[C@@H]2OC(=O)CCC(=O)NCc1ccccn1. The number of pyridine rings is 1. The monoisotopic (exact) mass is 478 g/mol. The van der Waals surface area contributed by atoms with Crippen LogP contribution in [0.3, 0.4) is 0 Å². The van der Waals surface area contributed by atoms with Gasteiger partial charge in [0.05, 0.1) is 18.7 Å². The number of ketones is 1. The summed E-state index contributed by atoms with van der Waals surface area (Å²) in [6, 6.07) is 5.58. The molecule has 1 aromatic rings. The van der Waals surface area contributed by atoms with Crippen LogP contribution in [-0.4, -0.2) is 28.7 Å². The van der Waals surface area contributed by atoms with Crippen LogP contribution >= 0.6 is 0 Å². The molecule has 1 amide bonds. The van der Waals surface area contributed by atoms with Crippen molar-refractivity contribution in [3.8, 4) is 0 Å². The first-order valence-corrected chi connectivity index (χ1v) is 13.4. The maximum absolute atomic E-state index is 12.7. The number of fused-ring (bicyclic) bond motifs is 5. The lowest BCUT2D eigenvalue weighted by Gasteiger charge is -2.57. The summed E-state index contributed by atoms with van der Waals surface area (Å²) >= 11 is 0. The van der Waals surface area contributed by atoms with Gasteiger partial charge in [-0.2, -0.15) is 0 Å². The van der Waals surface area contributed by atoms with Crippen LogP contribution < -0.4 is 5.32 Å². The first kappa shape index (κ1) is 24.2. The Morgan fingerprint density at radius 3 is 2.71 bits per heavy atom. The molecule has 6 nitrogen and oxygen atoms in total. The van der Waals surface area contributed by atoms with Crippen molar-refractivity contribution in [1.29, 1.82) is 0 Å². The highest BCUT2D eigenvalue weighted by Gasteiger charge is 2.59. The highest BCUT2D eigenvalue weighted by molar-refractivity contribution is 5.91. The first-order valence-electron chi connectivity index (χ1n) is 13.4. The minimum absolute atomic E-state index is 0.0140. The minimum Gasteiger partial charge on any atom is -0.462 e. The van der Waals surface area contributed by atoms with Crippen LogP contribution in [-0.2, 0) is 25.7 Å². The number of aromatic nitrogens is 1. The second kappa shape index (κ2) is 9.51. The summed E-state index contributed by atoms with van der Waals surface area (Å²) in [7, 11) is 0. The molecule has 3 fully saturated rings. The number of carbonyl (C=O) groups excluding carboxylic acids is 3. The molecular weight excluding hydrogens is 440 g/mol. The molecule has 0 spiro atoms. The van der Waals surface area contributed by atoms with Gasteiger partial charge in [-0.1, -0.05) is 25.5 Å². The number of allylic oxidation sites excluding steroid dienone is 1. The molecule has 6 heteroatoms. The van der Waals surface area contributed by atoms with Gasteiger partial charge in [0.15, 0.2) is 5.78 Å². The van der Waals surface area contributed by atoms with Crippen molar-refractivity contribution in [3.05, 3.63) is 41.7 Å². The van der Waals surface area contributed by atoms with E-state index in [2.05, 4.69) is 24.1 Å². The van der Waals surface area contributed by atoms with Gasteiger partial charge in [-0.3, -0.25) is 19.4 Å². The molecule has 0 radical (unpaired) electrons. The maximum atomic E-state index is 12.7. The Kier molecular flexibility index (Phi) is 6.58. The molecule has 1 heterocycles. The van der Waals surface area contributed by atoms with E-state index in [0.29, 0.717) is 36.5 Å². The minimum atomic E-state index is -0.265. The number of ether oxygens (including phenoxy) is 1. The second-order valence-corrected chi connectivity index (χ2v) is 11.7. The molecular formula is C29H38N2O4. The molecule has 4 aliphatic rings. The summed E-state index contributed by atoms with van der Waals surface area (Å²) in [6.45, 7) is 5.09. The number of rotatable bonds is 6. The summed E-state index contributed by atoms with van der Waals surface area (Å²) in [5.74, 6) is 1.72. The third kappa shape index (κ3) is 4.56. The Balaban J connectivity index is 1.16. The van der Waals surface area contributed by atoms with Gasteiger partial charge in [0, 0.05) is 24.5 Å². The van der Waals surface area contributed by atoms with Crippen LogP contribution in [0.5, 0.6) is 0 Å². The number of esters is 1. The van der Waals surface area contributed by atoms with E-state index < -0.39 is 0 Å². The molecule has 0 saturated heterocycles. The van der Waals surface area contributed by atoms with Gasteiger partial charge in [0.25, 0.3) is 0 Å². The number of hydrogen-bond acceptors (Lipinski definition) is 5. The average molecular weight is 479 g/mol. The van der Waals surface area contributed by atoms with Crippen LogP contribution in [0.25, 0.3) is 0 Å². The van der Waals surface area contributed by atoms with Gasteiger partial charge in [0.2, 0.25) is 5.91 Å². The lowest BCUT2D eigenvalue weighted by atomic mass is 9.47. The van der Waals surface area contributed by atoms with E-state index in [9.17, 15) is 14.4 Å². The number of carbonyl (C=O) groups is 3. The zero-order valence-electron chi connectivity index (χ0n) is 21.1. The summed E-state index contributed by atoms with van der Waals surface area (Å²) < 4.78 is 6.04. The number of amides is 1. The lowest BCUT2D eigenvalue weighted by molar-refractivity contribution is -0.160. The fourth-order valence-electron chi connectivity index (χ4n) is 7.92. The van der Waals surface area contributed by atoms with Crippen molar-refractivity contribution >= 4 is 17.7 Å². The van der Waals surface area contributed by atoms with E-state index in [1.165, 1.54) is 5.57 Å². The van der Waals surface area contributed by atoms with Crippen molar-refractivity contribution in [1.82, 2.24) is 10.3 Å². The Labute approximate surface area is 208 Å². The fraction of sp³-hybridized carbons (Fsp3) is 0.655. The maximum Gasteiger partial charge on any atom is 0.306 e. The predicted molar refractivity (Wildman–Crippen MR) is 132 cm³/mol. The molecule has 1 N–H and O–H groups in total. The predicted octanol–water partition coefficient (Wildman–Crippen LogP) is 4.92. The Morgan fingerprint density at radius 1 is 1.06 bits per heavy atom. The molecule has 0 aliphatic heterocycles. The van der Waals surface area contributed by atoms with E-state index in [4.69, 9.17) is 4.74 Å². The average Bonchev–Trinajstić information content (AvgIpc) is 3.18. The van der Waals surface area contributed by atoms with E-state index in [1.807, 2.05) is 24.3 Å². The first-order chi connectivity index (χ1) is 16.8. The van der Waals surface area contributed by atoms with E-state index in [0.717, 1.165) is 50.6 Å². The molecule has 35 heavy (non-hydrogen) atoms. The molecule has 5 rings (SSSR count). The molecule has 1 aromatic heterocycles. The van der Waals surface area contributed by atoms with Gasteiger partial charge in [0.1, 0.15) is 6.10 Å². The van der Waals surface area contributed by atoms with Gasteiger partial charge < -0.3 is 10.1 Å². The second-order valence-electron chi connectivity index (χ2n) is 11.7. The fourth-order valence-corrected chi connectivity index (χ4v) is 7.92. The Bertz CT molecular complexity index is 1020. The normalized spacial score (nSPS) is 35.8. The van der Waals surface area contributed by atoms with Crippen molar-refractivity contribution in [2.45, 2.75) is 90.7 Å².